The molecule has 5 nitrogen and oxygen atoms in total. The van der Waals surface area contributed by atoms with E-state index in [2.05, 4.69) is 39.7 Å². The minimum absolute atomic E-state index is 0.298. The third-order valence-electron chi connectivity index (χ3n) is 4.79. The summed E-state index contributed by atoms with van der Waals surface area (Å²) in [7, 11) is 1.73. The maximum absolute atomic E-state index is 5.60. The number of methoxy groups -OCH3 is 1. The molecule has 2 aromatic rings. The summed E-state index contributed by atoms with van der Waals surface area (Å²) in [5, 5.41) is 7.57. The number of aromatic nitrogens is 2. The number of para-hydroxylation sites is 1. The van der Waals surface area contributed by atoms with E-state index in [1.54, 1.807) is 7.11 Å². The molecule has 2 aliphatic rings. The van der Waals surface area contributed by atoms with E-state index < -0.39 is 0 Å². The number of anilines is 1. The summed E-state index contributed by atoms with van der Waals surface area (Å²) in [5.41, 5.74) is 2.25. The third kappa shape index (κ3) is 2.03. The minimum atomic E-state index is -0.298. The van der Waals surface area contributed by atoms with Gasteiger partial charge in [0.25, 0.3) is 0 Å². The Balaban J connectivity index is 1.53. The number of fused-ring (bicyclic) bond motifs is 1. The van der Waals surface area contributed by atoms with Gasteiger partial charge in [0.05, 0.1) is 0 Å². The fourth-order valence-electron chi connectivity index (χ4n) is 3.29. The Morgan fingerprint density at radius 2 is 2.24 bits per heavy atom. The smallest absolute Gasteiger partial charge is 0.227 e. The Kier molecular flexibility index (Phi) is 2.96. The van der Waals surface area contributed by atoms with Crippen LogP contribution in [-0.2, 0) is 16.8 Å². The molecule has 1 aliphatic heterocycles. The summed E-state index contributed by atoms with van der Waals surface area (Å²) in [6.07, 6.45) is 3.90. The molecule has 0 spiro atoms. The fourth-order valence-corrected chi connectivity index (χ4v) is 3.29. The van der Waals surface area contributed by atoms with Crippen LogP contribution in [0.15, 0.2) is 28.8 Å². The molecule has 1 aromatic heterocycles. The average molecular weight is 285 g/mol. The number of benzene rings is 1. The number of rotatable bonds is 4. The van der Waals surface area contributed by atoms with Gasteiger partial charge in [0.15, 0.2) is 0 Å². The van der Waals surface area contributed by atoms with E-state index in [0.717, 1.165) is 32.2 Å². The van der Waals surface area contributed by atoms with E-state index in [4.69, 9.17) is 9.26 Å². The van der Waals surface area contributed by atoms with Crippen LogP contribution in [0.3, 0.4) is 0 Å². The molecule has 2 heterocycles. The highest BCUT2D eigenvalue weighted by Crippen LogP contribution is 2.43. The van der Waals surface area contributed by atoms with Crippen LogP contribution in [-0.4, -0.2) is 23.8 Å². The van der Waals surface area contributed by atoms with Gasteiger partial charge >= 0.3 is 0 Å². The highest BCUT2D eigenvalue weighted by Gasteiger charge is 2.43. The summed E-state index contributed by atoms with van der Waals surface area (Å²) in [6, 6.07) is 8.41. The highest BCUT2D eigenvalue weighted by molar-refractivity contribution is 5.57. The van der Waals surface area contributed by atoms with E-state index in [1.807, 2.05) is 0 Å². The first-order valence-electron chi connectivity index (χ1n) is 7.52. The molecule has 1 aliphatic carbocycles. The molecule has 0 bridgehead atoms. The molecule has 4 rings (SSSR count). The van der Waals surface area contributed by atoms with E-state index in [-0.39, 0.29) is 5.60 Å². The Labute approximate surface area is 123 Å². The van der Waals surface area contributed by atoms with Gasteiger partial charge in [0.2, 0.25) is 11.7 Å². The summed E-state index contributed by atoms with van der Waals surface area (Å²) >= 11 is 0. The van der Waals surface area contributed by atoms with E-state index in [1.165, 1.54) is 11.3 Å². The number of nitrogens with one attached hydrogen (secondary N) is 1. The van der Waals surface area contributed by atoms with Crippen molar-refractivity contribution in [3.8, 4) is 0 Å². The van der Waals surface area contributed by atoms with Crippen molar-refractivity contribution in [1.82, 2.24) is 10.1 Å². The SMILES string of the molecule is COC1(c2noc(CC3CNc4ccccc43)n2)CCC1. The van der Waals surface area contributed by atoms with Crippen molar-refractivity contribution >= 4 is 5.69 Å². The van der Waals surface area contributed by atoms with Crippen LogP contribution >= 0.6 is 0 Å². The van der Waals surface area contributed by atoms with Crippen molar-refractivity contribution in [2.45, 2.75) is 37.2 Å². The van der Waals surface area contributed by atoms with Crippen LogP contribution in [0.25, 0.3) is 0 Å². The molecule has 1 N–H and O–H groups in total. The van der Waals surface area contributed by atoms with Crippen LogP contribution in [0.5, 0.6) is 0 Å². The molecular formula is C16H19N3O2. The molecule has 0 amide bonds. The number of ether oxygens (including phenoxy) is 1. The van der Waals surface area contributed by atoms with Crippen molar-refractivity contribution in [2.24, 2.45) is 0 Å². The summed E-state index contributed by atoms with van der Waals surface area (Å²) in [5.74, 6) is 1.82. The lowest BCUT2D eigenvalue weighted by Gasteiger charge is -2.37. The van der Waals surface area contributed by atoms with Gasteiger partial charge in [-0.3, -0.25) is 0 Å². The van der Waals surface area contributed by atoms with Crippen LogP contribution < -0.4 is 5.32 Å². The van der Waals surface area contributed by atoms with E-state index in [9.17, 15) is 0 Å². The van der Waals surface area contributed by atoms with E-state index >= 15 is 0 Å². The van der Waals surface area contributed by atoms with Crippen molar-refractivity contribution < 1.29 is 9.26 Å². The van der Waals surface area contributed by atoms with Gasteiger partial charge in [-0.05, 0) is 30.9 Å². The van der Waals surface area contributed by atoms with Gasteiger partial charge in [0.1, 0.15) is 5.60 Å². The first kappa shape index (κ1) is 12.8. The van der Waals surface area contributed by atoms with Crippen LogP contribution in [0.1, 0.15) is 42.5 Å². The Bertz CT molecular complexity index is 643. The average Bonchev–Trinajstić information content (AvgIpc) is 3.07. The van der Waals surface area contributed by atoms with Gasteiger partial charge in [0, 0.05) is 31.7 Å². The maximum Gasteiger partial charge on any atom is 0.227 e. The van der Waals surface area contributed by atoms with Crippen molar-refractivity contribution in [3.63, 3.8) is 0 Å². The second-order valence-electron chi connectivity index (χ2n) is 5.93. The lowest BCUT2D eigenvalue weighted by atomic mass is 9.79. The molecule has 1 unspecified atom stereocenters. The van der Waals surface area contributed by atoms with E-state index in [0.29, 0.717) is 17.6 Å². The molecule has 5 heteroatoms. The summed E-state index contributed by atoms with van der Waals surface area (Å²) < 4.78 is 11.1. The van der Waals surface area contributed by atoms with Crippen molar-refractivity contribution in [3.05, 3.63) is 41.5 Å². The molecule has 110 valence electrons. The van der Waals surface area contributed by atoms with Gasteiger partial charge in [-0.25, -0.2) is 0 Å². The van der Waals surface area contributed by atoms with Gasteiger partial charge < -0.3 is 14.6 Å². The highest BCUT2D eigenvalue weighted by atomic mass is 16.5. The van der Waals surface area contributed by atoms with Gasteiger partial charge in [-0.1, -0.05) is 23.4 Å². The molecule has 1 fully saturated rings. The zero-order valence-electron chi connectivity index (χ0n) is 12.1. The third-order valence-corrected chi connectivity index (χ3v) is 4.79. The molecule has 1 aromatic carbocycles. The number of hydrogen-bond donors (Lipinski definition) is 1. The first-order valence-corrected chi connectivity index (χ1v) is 7.52. The Morgan fingerprint density at radius 3 is 3.00 bits per heavy atom. The van der Waals surface area contributed by atoms with Crippen LogP contribution in [0, 0.1) is 0 Å². The Morgan fingerprint density at radius 1 is 1.38 bits per heavy atom. The monoisotopic (exact) mass is 285 g/mol. The summed E-state index contributed by atoms with van der Waals surface area (Å²) in [4.78, 5) is 4.58. The normalized spacial score (nSPS) is 22.4. The molecule has 1 saturated carbocycles. The van der Waals surface area contributed by atoms with Crippen LogP contribution in [0.2, 0.25) is 0 Å². The molecule has 0 radical (unpaired) electrons. The summed E-state index contributed by atoms with van der Waals surface area (Å²) in [6.45, 7) is 0.923. The number of hydrogen-bond acceptors (Lipinski definition) is 5. The zero-order chi connectivity index (χ0) is 14.3. The van der Waals surface area contributed by atoms with Crippen molar-refractivity contribution in [2.75, 3.05) is 19.0 Å². The largest absolute Gasteiger partial charge is 0.384 e. The maximum atomic E-state index is 5.60. The molecule has 21 heavy (non-hydrogen) atoms. The first-order chi connectivity index (χ1) is 10.3. The number of nitrogens with zero attached hydrogens (tertiary/aromatic N) is 2. The fraction of sp³-hybridized carbons (Fsp3) is 0.500. The molecular weight excluding hydrogens is 266 g/mol. The molecule has 1 atom stereocenters. The quantitative estimate of drug-likeness (QED) is 0.936. The topological polar surface area (TPSA) is 60.2 Å². The molecule has 0 saturated heterocycles. The van der Waals surface area contributed by atoms with Gasteiger partial charge in [-0.15, -0.1) is 0 Å². The second-order valence-corrected chi connectivity index (χ2v) is 5.93. The lowest BCUT2D eigenvalue weighted by Crippen LogP contribution is -2.37. The minimum Gasteiger partial charge on any atom is -0.384 e. The Hall–Kier alpha value is -1.88. The second kappa shape index (κ2) is 4.84. The predicted molar refractivity (Wildman–Crippen MR) is 78.2 cm³/mol. The lowest BCUT2D eigenvalue weighted by molar-refractivity contribution is -0.0858. The standard InChI is InChI=1S/C16H19N3O2/c1-20-16(7-4-8-16)15-18-14(21-19-15)9-11-10-17-13-6-3-2-5-12(11)13/h2-3,5-6,11,17H,4,7-10H2,1H3. The van der Waals surface area contributed by atoms with Crippen molar-refractivity contribution in [1.29, 1.82) is 0 Å². The predicted octanol–water partition coefficient (Wildman–Crippen LogP) is 2.85. The van der Waals surface area contributed by atoms with Gasteiger partial charge in [-0.2, -0.15) is 4.98 Å². The zero-order valence-corrected chi connectivity index (χ0v) is 12.1. The van der Waals surface area contributed by atoms with Crippen LogP contribution in [0.4, 0.5) is 5.69 Å².